The van der Waals surface area contributed by atoms with E-state index in [4.69, 9.17) is 9.84 Å². The van der Waals surface area contributed by atoms with E-state index in [-0.39, 0.29) is 24.4 Å². The molecule has 1 aliphatic heterocycles. The molecule has 0 aliphatic carbocycles. The van der Waals surface area contributed by atoms with Crippen LogP contribution in [-0.2, 0) is 19.1 Å². The highest BCUT2D eigenvalue weighted by atomic mass is 16.5. The molecule has 7 nitrogen and oxygen atoms in total. The molecule has 0 saturated carbocycles. The van der Waals surface area contributed by atoms with Gasteiger partial charge in [0.1, 0.15) is 6.54 Å². The fourth-order valence-electron chi connectivity index (χ4n) is 3.43. The maximum absolute atomic E-state index is 12.9. The van der Waals surface area contributed by atoms with E-state index in [1.165, 1.54) is 18.9 Å². The Hall–Kier alpha value is -2.41. The van der Waals surface area contributed by atoms with Crippen LogP contribution in [0.15, 0.2) is 30.3 Å². The molecule has 1 aromatic carbocycles. The number of nitrogens with zero attached hydrogens (tertiary/aromatic N) is 2. The summed E-state index contributed by atoms with van der Waals surface area (Å²) < 4.78 is 5.42. The number of benzene rings is 1. The number of amides is 2. The molecule has 2 amide bonds. The molecule has 2 atom stereocenters. The van der Waals surface area contributed by atoms with Crippen molar-refractivity contribution in [2.75, 3.05) is 26.7 Å². The molecule has 7 heteroatoms. The number of ether oxygens (including phenoxy) is 1. The Balaban J connectivity index is 2.06. The largest absolute Gasteiger partial charge is 0.480 e. The van der Waals surface area contributed by atoms with E-state index in [2.05, 4.69) is 0 Å². The number of carbonyl (C=O) groups excluding carboxylic acids is 2. The average Bonchev–Trinajstić information content (AvgIpc) is 2.87. The van der Waals surface area contributed by atoms with E-state index in [1.807, 2.05) is 30.3 Å². The summed E-state index contributed by atoms with van der Waals surface area (Å²) in [6, 6.07) is 9.16. The lowest BCUT2D eigenvalue weighted by atomic mass is 10.1. The van der Waals surface area contributed by atoms with Gasteiger partial charge in [0.15, 0.2) is 6.10 Å². The maximum Gasteiger partial charge on any atom is 0.323 e. The standard InChI is InChI=1S/C19H26N2O5/c1-14(22)21(13-17(23)24)16-9-6-11-20(12-10-16)19(25)18(26-2)15-7-4-3-5-8-15/h3-5,7-8,16,18H,6,9-13H2,1-2H3,(H,23,24)/t16?,18-/m1/s1. The lowest BCUT2D eigenvalue weighted by molar-refractivity contribution is -0.145. The Morgan fingerprint density at radius 1 is 1.23 bits per heavy atom. The summed E-state index contributed by atoms with van der Waals surface area (Å²) in [7, 11) is 1.51. The number of carboxylic acid groups (broad SMARTS) is 1. The smallest absolute Gasteiger partial charge is 0.323 e. The van der Waals surface area contributed by atoms with E-state index < -0.39 is 12.1 Å². The van der Waals surface area contributed by atoms with Gasteiger partial charge in [0.25, 0.3) is 5.91 Å². The van der Waals surface area contributed by atoms with Crippen LogP contribution in [0.25, 0.3) is 0 Å². The zero-order valence-corrected chi connectivity index (χ0v) is 15.3. The summed E-state index contributed by atoms with van der Waals surface area (Å²) >= 11 is 0. The molecule has 0 aromatic heterocycles. The van der Waals surface area contributed by atoms with Crippen molar-refractivity contribution in [1.82, 2.24) is 9.80 Å². The van der Waals surface area contributed by atoms with Crippen LogP contribution in [0.5, 0.6) is 0 Å². The van der Waals surface area contributed by atoms with Gasteiger partial charge < -0.3 is 19.6 Å². The summed E-state index contributed by atoms with van der Waals surface area (Å²) in [4.78, 5) is 38.9. The predicted octanol–water partition coefficient (Wildman–Crippen LogP) is 1.69. The van der Waals surface area contributed by atoms with Gasteiger partial charge in [-0.2, -0.15) is 0 Å². The fraction of sp³-hybridized carbons (Fsp3) is 0.526. The molecule has 1 aliphatic rings. The van der Waals surface area contributed by atoms with E-state index in [9.17, 15) is 14.4 Å². The number of rotatable bonds is 6. The molecule has 1 fully saturated rings. The molecule has 26 heavy (non-hydrogen) atoms. The van der Waals surface area contributed by atoms with Gasteiger partial charge in [0.2, 0.25) is 5.91 Å². The highest BCUT2D eigenvalue weighted by molar-refractivity contribution is 5.82. The third kappa shape index (κ3) is 5.05. The minimum Gasteiger partial charge on any atom is -0.480 e. The topological polar surface area (TPSA) is 87.2 Å². The zero-order chi connectivity index (χ0) is 19.1. The number of hydrogen-bond donors (Lipinski definition) is 1. The molecule has 0 radical (unpaired) electrons. The second kappa shape index (κ2) is 9.33. The molecule has 1 saturated heterocycles. The van der Waals surface area contributed by atoms with Crippen LogP contribution in [0, 0.1) is 0 Å². The van der Waals surface area contributed by atoms with Gasteiger partial charge in [-0.3, -0.25) is 14.4 Å². The number of carboxylic acids is 1. The van der Waals surface area contributed by atoms with Crippen LogP contribution in [-0.4, -0.2) is 65.5 Å². The Morgan fingerprint density at radius 2 is 1.92 bits per heavy atom. The normalized spacial score (nSPS) is 18.7. The molecule has 2 rings (SSSR count). The first-order chi connectivity index (χ1) is 12.4. The summed E-state index contributed by atoms with van der Waals surface area (Å²) in [6.07, 6.45) is 1.30. The Kier molecular flexibility index (Phi) is 7.15. The number of aliphatic carboxylic acids is 1. The van der Waals surface area contributed by atoms with Crippen molar-refractivity contribution in [3.63, 3.8) is 0 Å². The highest BCUT2D eigenvalue weighted by Crippen LogP contribution is 2.23. The van der Waals surface area contributed by atoms with E-state index >= 15 is 0 Å². The van der Waals surface area contributed by atoms with Gasteiger partial charge >= 0.3 is 5.97 Å². The van der Waals surface area contributed by atoms with Crippen LogP contribution < -0.4 is 0 Å². The second-order valence-electron chi connectivity index (χ2n) is 6.48. The van der Waals surface area contributed by atoms with Crippen molar-refractivity contribution in [2.24, 2.45) is 0 Å². The molecular weight excluding hydrogens is 336 g/mol. The first-order valence-electron chi connectivity index (χ1n) is 8.79. The first-order valence-corrected chi connectivity index (χ1v) is 8.79. The molecule has 142 valence electrons. The quantitative estimate of drug-likeness (QED) is 0.832. The summed E-state index contributed by atoms with van der Waals surface area (Å²) in [5.74, 6) is -1.39. The minimum atomic E-state index is -1.03. The van der Waals surface area contributed by atoms with Crippen molar-refractivity contribution >= 4 is 17.8 Å². The summed E-state index contributed by atoms with van der Waals surface area (Å²) in [6.45, 7) is 2.12. The maximum atomic E-state index is 12.9. The Morgan fingerprint density at radius 3 is 2.50 bits per heavy atom. The van der Waals surface area contributed by atoms with Gasteiger partial charge in [0, 0.05) is 33.2 Å². The fourth-order valence-corrected chi connectivity index (χ4v) is 3.43. The number of carbonyl (C=O) groups is 3. The molecule has 0 spiro atoms. The Labute approximate surface area is 153 Å². The SMILES string of the molecule is CO[C@@H](C(=O)N1CCCC(N(CC(=O)O)C(C)=O)CC1)c1ccccc1. The number of likely N-dealkylation sites (tertiary alicyclic amines) is 1. The zero-order valence-electron chi connectivity index (χ0n) is 15.3. The van der Waals surface area contributed by atoms with E-state index in [0.717, 1.165) is 5.56 Å². The molecule has 1 aromatic rings. The van der Waals surface area contributed by atoms with Crippen LogP contribution in [0.2, 0.25) is 0 Å². The van der Waals surface area contributed by atoms with Gasteiger partial charge in [0.05, 0.1) is 0 Å². The average molecular weight is 362 g/mol. The summed E-state index contributed by atoms with van der Waals surface area (Å²) in [5, 5.41) is 9.03. The monoisotopic (exact) mass is 362 g/mol. The van der Waals surface area contributed by atoms with Crippen LogP contribution >= 0.6 is 0 Å². The first kappa shape index (κ1) is 19.9. The molecule has 1 N–H and O–H groups in total. The van der Waals surface area contributed by atoms with Gasteiger partial charge in [-0.15, -0.1) is 0 Å². The molecule has 1 unspecified atom stereocenters. The predicted molar refractivity (Wildman–Crippen MR) is 95.4 cm³/mol. The minimum absolute atomic E-state index is 0.105. The van der Waals surface area contributed by atoms with Crippen molar-refractivity contribution in [3.8, 4) is 0 Å². The number of methoxy groups -OCH3 is 1. The van der Waals surface area contributed by atoms with Crippen molar-refractivity contribution in [3.05, 3.63) is 35.9 Å². The third-order valence-electron chi connectivity index (χ3n) is 4.72. The number of hydrogen-bond acceptors (Lipinski definition) is 4. The van der Waals surface area contributed by atoms with Crippen molar-refractivity contribution in [1.29, 1.82) is 0 Å². The second-order valence-corrected chi connectivity index (χ2v) is 6.48. The molecule has 1 heterocycles. The van der Waals surface area contributed by atoms with Crippen LogP contribution in [0.3, 0.4) is 0 Å². The molecular formula is C19H26N2O5. The van der Waals surface area contributed by atoms with E-state index in [0.29, 0.717) is 32.4 Å². The van der Waals surface area contributed by atoms with Crippen LogP contribution in [0.4, 0.5) is 0 Å². The lowest BCUT2D eigenvalue weighted by Gasteiger charge is -2.29. The lowest BCUT2D eigenvalue weighted by Crippen LogP contribution is -2.43. The van der Waals surface area contributed by atoms with Gasteiger partial charge in [-0.25, -0.2) is 0 Å². The van der Waals surface area contributed by atoms with Gasteiger partial charge in [-0.05, 0) is 24.8 Å². The third-order valence-corrected chi connectivity index (χ3v) is 4.72. The van der Waals surface area contributed by atoms with Crippen molar-refractivity contribution < 1.29 is 24.2 Å². The van der Waals surface area contributed by atoms with E-state index in [1.54, 1.807) is 4.90 Å². The van der Waals surface area contributed by atoms with Gasteiger partial charge in [-0.1, -0.05) is 30.3 Å². The van der Waals surface area contributed by atoms with Crippen LogP contribution in [0.1, 0.15) is 37.9 Å². The van der Waals surface area contributed by atoms with Crippen molar-refractivity contribution in [2.45, 2.75) is 38.3 Å². The highest BCUT2D eigenvalue weighted by Gasteiger charge is 2.30. The molecule has 0 bridgehead atoms. The Bertz CT molecular complexity index is 634. The summed E-state index contributed by atoms with van der Waals surface area (Å²) in [5.41, 5.74) is 0.803.